The van der Waals surface area contributed by atoms with Crippen molar-refractivity contribution in [1.82, 2.24) is 14.5 Å². The summed E-state index contributed by atoms with van der Waals surface area (Å²) < 4.78 is 9.32. The Kier molecular flexibility index (Phi) is 2.48. The minimum absolute atomic E-state index is 0.476. The van der Waals surface area contributed by atoms with E-state index in [2.05, 4.69) is 38.9 Å². The SMILES string of the molecule is c1cc(-c2nccn2[C@@H]2C[C@H]3OCC[C@@H]23)c2scnc2c1. The van der Waals surface area contributed by atoms with Crippen molar-refractivity contribution in [3.8, 4) is 11.4 Å². The predicted octanol–water partition coefficient (Wildman–Crippen LogP) is 3.51. The largest absolute Gasteiger partial charge is 0.378 e. The number of thiazole rings is 1. The van der Waals surface area contributed by atoms with Crippen LogP contribution in [0.2, 0.25) is 0 Å². The summed E-state index contributed by atoms with van der Waals surface area (Å²) in [6.07, 6.45) is 6.81. The van der Waals surface area contributed by atoms with Crippen LogP contribution >= 0.6 is 11.3 Å². The third-order valence-electron chi connectivity index (χ3n) is 4.85. The van der Waals surface area contributed by atoms with Gasteiger partial charge in [0.25, 0.3) is 0 Å². The maximum absolute atomic E-state index is 5.74. The maximum Gasteiger partial charge on any atom is 0.141 e. The van der Waals surface area contributed by atoms with Crippen molar-refractivity contribution in [3.05, 3.63) is 36.1 Å². The molecule has 3 aromatic rings. The second-order valence-corrected chi connectivity index (χ2v) is 6.68. The first-order valence-corrected chi connectivity index (χ1v) is 8.27. The summed E-state index contributed by atoms with van der Waals surface area (Å²) in [5.41, 5.74) is 4.16. The lowest BCUT2D eigenvalue weighted by atomic mass is 9.76. The topological polar surface area (TPSA) is 39.9 Å². The first-order chi connectivity index (χ1) is 10.4. The molecule has 4 nitrogen and oxygen atoms in total. The standard InChI is InChI=1S/C16H15N3OS/c1-2-11(15-12(3-1)18-9-21-15)16-17-5-6-19(16)13-8-14-10(13)4-7-20-14/h1-3,5-6,9-10,13-14H,4,7-8H2/t10-,13+,14+/m0/s1. The van der Waals surface area contributed by atoms with E-state index in [0.717, 1.165) is 24.4 Å². The number of fused-ring (bicyclic) bond motifs is 2. The molecule has 1 aliphatic carbocycles. The van der Waals surface area contributed by atoms with E-state index in [1.165, 1.54) is 16.7 Å². The van der Waals surface area contributed by atoms with Crippen molar-refractivity contribution in [3.63, 3.8) is 0 Å². The Bertz CT molecular complexity index is 809. The molecule has 106 valence electrons. The summed E-state index contributed by atoms with van der Waals surface area (Å²) in [6.45, 7) is 0.917. The number of imidazole rings is 1. The van der Waals surface area contributed by atoms with E-state index in [4.69, 9.17) is 4.74 Å². The number of hydrogen-bond donors (Lipinski definition) is 0. The first-order valence-electron chi connectivity index (χ1n) is 7.39. The number of nitrogens with zero attached hydrogens (tertiary/aromatic N) is 3. The lowest BCUT2D eigenvalue weighted by Crippen LogP contribution is -2.39. The second kappa shape index (κ2) is 4.39. The second-order valence-electron chi connectivity index (χ2n) is 5.83. The fourth-order valence-electron chi connectivity index (χ4n) is 3.74. The summed E-state index contributed by atoms with van der Waals surface area (Å²) >= 11 is 1.69. The van der Waals surface area contributed by atoms with Gasteiger partial charge in [-0.1, -0.05) is 6.07 Å². The monoisotopic (exact) mass is 297 g/mol. The molecule has 1 aliphatic heterocycles. The van der Waals surface area contributed by atoms with Crippen molar-refractivity contribution in [2.24, 2.45) is 5.92 Å². The Morgan fingerprint density at radius 2 is 2.29 bits per heavy atom. The Hall–Kier alpha value is -1.72. The third kappa shape index (κ3) is 1.64. The molecule has 5 rings (SSSR count). The van der Waals surface area contributed by atoms with Crippen molar-refractivity contribution in [2.75, 3.05) is 6.61 Å². The minimum atomic E-state index is 0.476. The molecule has 0 N–H and O–H groups in total. The van der Waals surface area contributed by atoms with Gasteiger partial charge in [-0.05, 0) is 25.0 Å². The van der Waals surface area contributed by atoms with Gasteiger partial charge in [0.05, 0.1) is 21.8 Å². The lowest BCUT2D eigenvalue weighted by molar-refractivity contribution is -0.00517. The van der Waals surface area contributed by atoms with Gasteiger partial charge in [0.1, 0.15) is 5.82 Å². The normalized spacial score (nSPS) is 27.7. The first kappa shape index (κ1) is 11.9. The lowest BCUT2D eigenvalue weighted by Gasteiger charge is -2.40. The Balaban J connectivity index is 1.62. The quantitative estimate of drug-likeness (QED) is 0.726. The van der Waals surface area contributed by atoms with Crippen molar-refractivity contribution in [2.45, 2.75) is 25.0 Å². The zero-order valence-electron chi connectivity index (χ0n) is 11.5. The molecule has 1 saturated carbocycles. The Morgan fingerprint density at radius 1 is 1.29 bits per heavy atom. The molecule has 0 unspecified atom stereocenters. The number of hydrogen-bond acceptors (Lipinski definition) is 4. The minimum Gasteiger partial charge on any atom is -0.378 e. The van der Waals surface area contributed by atoms with E-state index in [1.54, 1.807) is 11.3 Å². The smallest absolute Gasteiger partial charge is 0.141 e. The van der Waals surface area contributed by atoms with Crippen LogP contribution in [0.1, 0.15) is 18.9 Å². The summed E-state index contributed by atoms with van der Waals surface area (Å²) in [5, 5.41) is 0. The highest BCUT2D eigenvalue weighted by atomic mass is 32.1. The van der Waals surface area contributed by atoms with Gasteiger partial charge in [0, 0.05) is 36.5 Å². The fourth-order valence-corrected chi connectivity index (χ4v) is 4.54. The van der Waals surface area contributed by atoms with E-state index in [0.29, 0.717) is 18.1 Å². The van der Waals surface area contributed by atoms with Crippen molar-refractivity contribution < 1.29 is 4.74 Å². The van der Waals surface area contributed by atoms with Gasteiger partial charge < -0.3 is 9.30 Å². The number of aromatic nitrogens is 3. The summed E-state index contributed by atoms with van der Waals surface area (Å²) in [5.74, 6) is 1.74. The Labute approximate surface area is 126 Å². The van der Waals surface area contributed by atoms with Gasteiger partial charge in [0.15, 0.2) is 0 Å². The molecular weight excluding hydrogens is 282 g/mol. The fraction of sp³-hybridized carbons (Fsp3) is 0.375. The number of rotatable bonds is 2. The molecule has 2 aliphatic rings. The highest BCUT2D eigenvalue weighted by Crippen LogP contribution is 2.48. The van der Waals surface area contributed by atoms with Gasteiger partial charge >= 0.3 is 0 Å². The molecule has 0 amide bonds. The van der Waals surface area contributed by atoms with E-state index >= 15 is 0 Å². The van der Waals surface area contributed by atoms with E-state index in [-0.39, 0.29) is 0 Å². The highest BCUT2D eigenvalue weighted by molar-refractivity contribution is 7.17. The van der Waals surface area contributed by atoms with Gasteiger partial charge in [0.2, 0.25) is 0 Å². The van der Waals surface area contributed by atoms with E-state index in [1.807, 2.05) is 11.7 Å². The van der Waals surface area contributed by atoms with Crippen LogP contribution in [-0.4, -0.2) is 27.2 Å². The zero-order chi connectivity index (χ0) is 13.8. The summed E-state index contributed by atoms with van der Waals surface area (Å²) in [4.78, 5) is 9.05. The molecule has 3 atom stereocenters. The third-order valence-corrected chi connectivity index (χ3v) is 5.73. The number of benzene rings is 1. The maximum atomic E-state index is 5.74. The van der Waals surface area contributed by atoms with Gasteiger partial charge in [-0.15, -0.1) is 11.3 Å². The van der Waals surface area contributed by atoms with Crippen LogP contribution < -0.4 is 0 Å². The van der Waals surface area contributed by atoms with Crippen LogP contribution in [0.15, 0.2) is 36.1 Å². The highest BCUT2D eigenvalue weighted by Gasteiger charge is 2.46. The van der Waals surface area contributed by atoms with Crippen molar-refractivity contribution >= 4 is 21.6 Å². The molecule has 0 bridgehead atoms. The molecule has 3 heterocycles. The van der Waals surface area contributed by atoms with Crippen LogP contribution in [0.5, 0.6) is 0 Å². The van der Waals surface area contributed by atoms with E-state index < -0.39 is 0 Å². The molecule has 1 saturated heterocycles. The summed E-state index contributed by atoms with van der Waals surface area (Å²) in [7, 11) is 0. The van der Waals surface area contributed by atoms with Gasteiger partial charge in [-0.25, -0.2) is 9.97 Å². The molecule has 2 fully saturated rings. The zero-order valence-corrected chi connectivity index (χ0v) is 12.3. The summed E-state index contributed by atoms with van der Waals surface area (Å²) in [6, 6.07) is 6.82. The average Bonchev–Trinajstić information content (AvgIpc) is 3.19. The number of ether oxygens (including phenoxy) is 1. The van der Waals surface area contributed by atoms with Crippen molar-refractivity contribution in [1.29, 1.82) is 0 Å². The van der Waals surface area contributed by atoms with E-state index in [9.17, 15) is 0 Å². The molecule has 21 heavy (non-hydrogen) atoms. The van der Waals surface area contributed by atoms with Crippen LogP contribution in [0.4, 0.5) is 0 Å². The van der Waals surface area contributed by atoms with Gasteiger partial charge in [-0.2, -0.15) is 0 Å². The Morgan fingerprint density at radius 3 is 3.24 bits per heavy atom. The molecule has 2 aromatic heterocycles. The molecule has 5 heteroatoms. The van der Waals surface area contributed by atoms with Crippen LogP contribution in [-0.2, 0) is 4.74 Å². The molecule has 1 aromatic carbocycles. The molecule has 0 spiro atoms. The molecule has 0 radical (unpaired) electrons. The van der Waals surface area contributed by atoms with Crippen LogP contribution in [0.25, 0.3) is 21.6 Å². The van der Waals surface area contributed by atoms with Crippen LogP contribution in [0, 0.1) is 5.92 Å². The van der Waals surface area contributed by atoms with Gasteiger partial charge in [-0.3, -0.25) is 0 Å². The van der Waals surface area contributed by atoms with Crippen LogP contribution in [0.3, 0.4) is 0 Å². The predicted molar refractivity (Wildman–Crippen MR) is 82.3 cm³/mol. The molecular formula is C16H15N3OS. The average molecular weight is 297 g/mol.